The van der Waals surface area contributed by atoms with E-state index in [1.54, 1.807) is 12.1 Å². The number of pyridine rings is 1. The van der Waals surface area contributed by atoms with Crippen LogP contribution in [0.15, 0.2) is 60.8 Å². The molecule has 0 bridgehead atoms. The maximum Gasteiger partial charge on any atom is 0.417 e. The van der Waals surface area contributed by atoms with Crippen LogP contribution in [-0.4, -0.2) is 42.0 Å². The van der Waals surface area contributed by atoms with E-state index in [1.165, 1.54) is 30.5 Å². The van der Waals surface area contributed by atoms with Crippen LogP contribution in [0.25, 0.3) is 0 Å². The Morgan fingerprint density at radius 3 is 2.49 bits per heavy atom. The van der Waals surface area contributed by atoms with Crippen molar-refractivity contribution in [1.29, 1.82) is 0 Å². The highest BCUT2D eigenvalue weighted by molar-refractivity contribution is 6.05. The van der Waals surface area contributed by atoms with E-state index in [4.69, 9.17) is 0 Å². The highest BCUT2D eigenvalue weighted by Crippen LogP contribution is 2.32. The van der Waals surface area contributed by atoms with E-state index < -0.39 is 34.8 Å². The second-order valence-electron chi connectivity index (χ2n) is 8.26. The number of carbonyl (C=O) groups excluding carboxylic acids is 1. The minimum atomic E-state index is -4.64. The molecular weight excluding hydrogens is 467 g/mol. The van der Waals surface area contributed by atoms with Gasteiger partial charge in [0.05, 0.1) is 23.0 Å². The predicted octanol–water partition coefficient (Wildman–Crippen LogP) is 5.34. The Morgan fingerprint density at radius 1 is 0.971 bits per heavy atom. The Kier molecular flexibility index (Phi) is 7.30. The van der Waals surface area contributed by atoms with Crippen LogP contribution in [0.4, 0.5) is 33.5 Å². The van der Waals surface area contributed by atoms with E-state index in [0.29, 0.717) is 37.6 Å². The Labute approximate surface area is 199 Å². The number of halogens is 5. The normalized spacial score (nSPS) is 15.1. The van der Waals surface area contributed by atoms with Crippen LogP contribution < -0.4 is 10.2 Å². The smallest absolute Gasteiger partial charge is 0.355 e. The molecule has 2 heterocycles. The molecule has 0 radical (unpaired) electrons. The molecule has 1 aliphatic heterocycles. The molecule has 10 heteroatoms. The Hall–Kier alpha value is -3.53. The number of amides is 1. The minimum Gasteiger partial charge on any atom is -0.355 e. The molecule has 1 saturated heterocycles. The average molecular weight is 490 g/mol. The Bertz CT molecular complexity index is 1180. The van der Waals surface area contributed by atoms with Crippen LogP contribution >= 0.6 is 0 Å². The third-order valence-electron chi connectivity index (χ3n) is 5.80. The van der Waals surface area contributed by atoms with E-state index in [1.807, 2.05) is 4.90 Å². The third-order valence-corrected chi connectivity index (χ3v) is 5.80. The van der Waals surface area contributed by atoms with Crippen molar-refractivity contribution in [2.75, 3.05) is 36.4 Å². The second-order valence-corrected chi connectivity index (χ2v) is 8.26. The van der Waals surface area contributed by atoms with Crippen LogP contribution in [0.3, 0.4) is 0 Å². The van der Waals surface area contributed by atoms with Crippen molar-refractivity contribution >= 4 is 17.4 Å². The van der Waals surface area contributed by atoms with Crippen molar-refractivity contribution in [3.8, 4) is 0 Å². The highest BCUT2D eigenvalue weighted by atomic mass is 19.4. The van der Waals surface area contributed by atoms with Crippen LogP contribution in [0.5, 0.6) is 0 Å². The van der Waals surface area contributed by atoms with Crippen molar-refractivity contribution in [3.63, 3.8) is 0 Å². The first kappa shape index (κ1) is 24.6. The summed E-state index contributed by atoms with van der Waals surface area (Å²) in [7, 11) is 0. The molecule has 1 aromatic heterocycles. The molecule has 2 aromatic carbocycles. The largest absolute Gasteiger partial charge is 0.417 e. The number of nitrogens with one attached hydrogen (secondary N) is 1. The monoisotopic (exact) mass is 490 g/mol. The van der Waals surface area contributed by atoms with Crippen molar-refractivity contribution < 1.29 is 26.7 Å². The molecule has 1 aliphatic rings. The molecule has 3 aromatic rings. The summed E-state index contributed by atoms with van der Waals surface area (Å²) in [6, 6.07) is 11.5. The molecule has 0 aliphatic carbocycles. The van der Waals surface area contributed by atoms with Gasteiger partial charge in [0.2, 0.25) is 0 Å². The van der Waals surface area contributed by atoms with Gasteiger partial charge in [-0.05, 0) is 36.8 Å². The van der Waals surface area contributed by atoms with Gasteiger partial charge in [-0.1, -0.05) is 18.2 Å². The molecule has 184 valence electrons. The quantitative estimate of drug-likeness (QED) is 0.491. The van der Waals surface area contributed by atoms with Gasteiger partial charge in [0, 0.05) is 44.4 Å². The topological polar surface area (TPSA) is 48.5 Å². The Balaban J connectivity index is 1.37. The maximum atomic E-state index is 14.0. The first-order chi connectivity index (χ1) is 16.7. The number of benzene rings is 2. The molecule has 1 N–H and O–H groups in total. The number of carbonyl (C=O) groups is 1. The van der Waals surface area contributed by atoms with E-state index in [9.17, 15) is 26.7 Å². The lowest BCUT2D eigenvalue weighted by molar-refractivity contribution is -0.137. The number of anilines is 2. The fourth-order valence-electron chi connectivity index (χ4n) is 4.02. The number of alkyl halides is 3. The van der Waals surface area contributed by atoms with Gasteiger partial charge in [-0.3, -0.25) is 9.69 Å². The van der Waals surface area contributed by atoms with E-state index in [0.717, 1.165) is 31.2 Å². The van der Waals surface area contributed by atoms with Crippen LogP contribution in [0.1, 0.15) is 27.9 Å². The second kappa shape index (κ2) is 10.4. The molecule has 0 atom stereocenters. The Morgan fingerprint density at radius 2 is 1.77 bits per heavy atom. The van der Waals surface area contributed by atoms with Crippen molar-refractivity contribution in [2.24, 2.45) is 0 Å². The lowest BCUT2D eigenvalue weighted by Gasteiger charge is -2.23. The van der Waals surface area contributed by atoms with Gasteiger partial charge < -0.3 is 10.2 Å². The maximum absolute atomic E-state index is 14.0. The van der Waals surface area contributed by atoms with E-state index in [-0.39, 0.29) is 5.69 Å². The van der Waals surface area contributed by atoms with Gasteiger partial charge in [-0.2, -0.15) is 13.2 Å². The van der Waals surface area contributed by atoms with Gasteiger partial charge in [-0.15, -0.1) is 0 Å². The van der Waals surface area contributed by atoms with Gasteiger partial charge in [0.25, 0.3) is 5.91 Å². The molecule has 0 unspecified atom stereocenters. The summed E-state index contributed by atoms with van der Waals surface area (Å²) in [5.74, 6) is -1.38. The average Bonchev–Trinajstić information content (AvgIpc) is 3.06. The first-order valence-electron chi connectivity index (χ1n) is 11.1. The molecule has 4 rings (SSSR count). The van der Waals surface area contributed by atoms with Crippen molar-refractivity contribution in [3.05, 3.63) is 89.1 Å². The zero-order chi connectivity index (χ0) is 25.0. The fourth-order valence-corrected chi connectivity index (χ4v) is 4.02. The number of nitrogens with zero attached hydrogens (tertiary/aromatic N) is 3. The fraction of sp³-hybridized carbons (Fsp3) is 0.280. The van der Waals surface area contributed by atoms with Gasteiger partial charge >= 0.3 is 6.18 Å². The zero-order valence-electron chi connectivity index (χ0n) is 18.7. The SMILES string of the molecule is O=C(Nc1ccc(N2CCCN(Cc3ccc(F)cc3F)CC2)nc1)c1ccccc1C(F)(F)F. The van der Waals surface area contributed by atoms with E-state index in [2.05, 4.69) is 15.2 Å². The van der Waals surface area contributed by atoms with Crippen LogP contribution in [-0.2, 0) is 12.7 Å². The summed E-state index contributed by atoms with van der Waals surface area (Å²) in [6.45, 7) is 3.09. The lowest BCUT2D eigenvalue weighted by atomic mass is 10.1. The molecule has 35 heavy (non-hydrogen) atoms. The minimum absolute atomic E-state index is 0.277. The molecule has 1 amide bonds. The lowest BCUT2D eigenvalue weighted by Crippen LogP contribution is -2.31. The first-order valence-corrected chi connectivity index (χ1v) is 11.1. The van der Waals surface area contributed by atoms with Crippen molar-refractivity contribution in [1.82, 2.24) is 9.88 Å². The van der Waals surface area contributed by atoms with Crippen molar-refractivity contribution in [2.45, 2.75) is 19.1 Å². The molecule has 0 saturated carbocycles. The van der Waals surface area contributed by atoms with Gasteiger partial charge in [-0.25, -0.2) is 13.8 Å². The predicted molar refractivity (Wildman–Crippen MR) is 122 cm³/mol. The summed E-state index contributed by atoms with van der Waals surface area (Å²) < 4.78 is 66.7. The molecule has 5 nitrogen and oxygen atoms in total. The highest BCUT2D eigenvalue weighted by Gasteiger charge is 2.34. The number of hydrogen-bond acceptors (Lipinski definition) is 4. The summed E-state index contributed by atoms with van der Waals surface area (Å²) >= 11 is 0. The summed E-state index contributed by atoms with van der Waals surface area (Å²) in [6.07, 6.45) is -2.43. The molecule has 1 fully saturated rings. The number of aromatic nitrogens is 1. The summed E-state index contributed by atoms with van der Waals surface area (Å²) in [4.78, 5) is 20.9. The number of hydrogen-bond donors (Lipinski definition) is 1. The zero-order valence-corrected chi connectivity index (χ0v) is 18.7. The van der Waals surface area contributed by atoms with Gasteiger partial charge in [0.15, 0.2) is 0 Å². The molecular formula is C25H23F5N4O. The standard InChI is InChI=1S/C25H23F5N4O/c26-18-7-6-17(22(27)14-18)16-33-10-3-11-34(13-12-33)23-9-8-19(15-31-23)32-24(35)20-4-1-2-5-21(20)25(28,29)30/h1-2,4-9,14-15H,3,10-13,16H2,(H,32,35). The van der Waals surface area contributed by atoms with E-state index >= 15 is 0 Å². The number of rotatable bonds is 5. The van der Waals surface area contributed by atoms with Crippen LogP contribution in [0.2, 0.25) is 0 Å². The van der Waals surface area contributed by atoms with Gasteiger partial charge in [0.1, 0.15) is 17.5 Å². The third kappa shape index (κ3) is 6.13. The molecule has 0 spiro atoms. The summed E-state index contributed by atoms with van der Waals surface area (Å²) in [5, 5.41) is 2.47. The summed E-state index contributed by atoms with van der Waals surface area (Å²) in [5.41, 5.74) is -0.755. The van der Waals surface area contributed by atoms with Crippen LogP contribution in [0, 0.1) is 11.6 Å².